The van der Waals surface area contributed by atoms with Crippen molar-refractivity contribution < 1.29 is 0 Å². The number of thioether (sulfide) groups is 1. The summed E-state index contributed by atoms with van der Waals surface area (Å²) in [5.74, 6) is 0.496. The van der Waals surface area contributed by atoms with Crippen molar-refractivity contribution in [2.75, 3.05) is 5.88 Å². The Morgan fingerprint density at radius 1 is 1.72 bits per heavy atom. The van der Waals surface area contributed by atoms with E-state index in [0.717, 1.165) is 22.7 Å². The van der Waals surface area contributed by atoms with Gasteiger partial charge in [-0.25, -0.2) is 4.98 Å². The van der Waals surface area contributed by atoms with Crippen molar-refractivity contribution in [2.45, 2.75) is 6.92 Å². The second-order valence-corrected chi connectivity index (χ2v) is 4.90. The normalized spacial score (nSPS) is 12.1. The lowest BCUT2D eigenvalue weighted by Crippen LogP contribution is -1.94. The van der Waals surface area contributed by atoms with Crippen molar-refractivity contribution in [3.63, 3.8) is 0 Å². The SMILES string of the molecule is C=N/C(=C\SCN)c1c(C)nc2c(Cl)cccn12. The topological polar surface area (TPSA) is 55.7 Å². The molecule has 0 radical (unpaired) electrons. The maximum Gasteiger partial charge on any atom is 0.156 e. The lowest BCUT2D eigenvalue weighted by Gasteiger charge is -2.03. The van der Waals surface area contributed by atoms with Gasteiger partial charge in [0, 0.05) is 17.5 Å². The first-order valence-electron chi connectivity index (χ1n) is 5.31. The largest absolute Gasteiger partial charge is 0.322 e. The third kappa shape index (κ3) is 2.29. The lowest BCUT2D eigenvalue weighted by molar-refractivity contribution is 1.14. The zero-order valence-corrected chi connectivity index (χ0v) is 11.5. The molecule has 2 heterocycles. The predicted octanol–water partition coefficient (Wildman–Crippen LogP) is 2.94. The number of aryl methyl sites for hydroxylation is 1. The Hall–Kier alpha value is -1.30. The van der Waals surface area contributed by atoms with Gasteiger partial charge in [0.15, 0.2) is 5.65 Å². The fourth-order valence-electron chi connectivity index (χ4n) is 1.75. The van der Waals surface area contributed by atoms with Gasteiger partial charge in [-0.1, -0.05) is 11.6 Å². The number of rotatable bonds is 4. The molecule has 0 amide bonds. The highest BCUT2D eigenvalue weighted by Crippen LogP contribution is 2.26. The van der Waals surface area contributed by atoms with E-state index in [2.05, 4.69) is 16.7 Å². The van der Waals surface area contributed by atoms with Crippen LogP contribution in [0.4, 0.5) is 0 Å². The molecule has 6 heteroatoms. The smallest absolute Gasteiger partial charge is 0.156 e. The monoisotopic (exact) mass is 280 g/mol. The van der Waals surface area contributed by atoms with E-state index in [1.54, 1.807) is 0 Å². The number of nitrogens with two attached hydrogens (primary N) is 1. The van der Waals surface area contributed by atoms with Crippen LogP contribution < -0.4 is 5.73 Å². The molecule has 0 saturated carbocycles. The van der Waals surface area contributed by atoms with Gasteiger partial charge < -0.3 is 5.73 Å². The number of fused-ring (bicyclic) bond motifs is 1. The Morgan fingerprint density at radius 3 is 3.17 bits per heavy atom. The molecule has 0 aromatic carbocycles. The van der Waals surface area contributed by atoms with Crippen LogP contribution in [0.2, 0.25) is 5.02 Å². The van der Waals surface area contributed by atoms with E-state index in [4.69, 9.17) is 17.3 Å². The summed E-state index contributed by atoms with van der Waals surface area (Å²) in [7, 11) is 0. The Labute approximate surface area is 115 Å². The fraction of sp³-hybridized carbons (Fsp3) is 0.167. The molecule has 2 N–H and O–H groups in total. The van der Waals surface area contributed by atoms with E-state index in [1.165, 1.54) is 11.8 Å². The quantitative estimate of drug-likeness (QED) is 0.692. The van der Waals surface area contributed by atoms with E-state index in [0.29, 0.717) is 10.9 Å². The summed E-state index contributed by atoms with van der Waals surface area (Å²) in [6.45, 7) is 5.52. The summed E-state index contributed by atoms with van der Waals surface area (Å²) < 4.78 is 1.91. The number of nitrogens with zero attached hydrogens (tertiary/aromatic N) is 3. The predicted molar refractivity (Wildman–Crippen MR) is 79.1 cm³/mol. The molecule has 0 saturated heterocycles. The van der Waals surface area contributed by atoms with Gasteiger partial charge in [0.2, 0.25) is 0 Å². The standard InChI is InChI=1S/C12H13ClN4S/c1-8-11(10(15-2)6-18-7-14)17-5-3-4-9(13)12(17)16-8/h3-6H,2,7,14H2,1H3/b10-6-. The van der Waals surface area contributed by atoms with Crippen LogP contribution in [-0.4, -0.2) is 22.0 Å². The van der Waals surface area contributed by atoms with Crippen molar-refractivity contribution in [3.05, 3.63) is 40.1 Å². The van der Waals surface area contributed by atoms with E-state index >= 15 is 0 Å². The van der Waals surface area contributed by atoms with E-state index in [1.807, 2.05) is 35.1 Å². The minimum absolute atomic E-state index is 0.496. The van der Waals surface area contributed by atoms with Gasteiger partial charge in [0.1, 0.15) is 0 Å². The molecule has 94 valence electrons. The lowest BCUT2D eigenvalue weighted by atomic mass is 10.3. The van der Waals surface area contributed by atoms with E-state index in [-0.39, 0.29) is 0 Å². The highest BCUT2D eigenvalue weighted by molar-refractivity contribution is 8.02. The van der Waals surface area contributed by atoms with Crippen LogP contribution in [0.1, 0.15) is 11.4 Å². The van der Waals surface area contributed by atoms with Crippen molar-refractivity contribution in [2.24, 2.45) is 10.7 Å². The van der Waals surface area contributed by atoms with Crippen molar-refractivity contribution in [1.29, 1.82) is 0 Å². The number of hydrogen-bond acceptors (Lipinski definition) is 4. The summed E-state index contributed by atoms with van der Waals surface area (Å²) in [4.78, 5) is 8.49. The minimum Gasteiger partial charge on any atom is -0.322 e. The molecule has 0 spiro atoms. The van der Waals surface area contributed by atoms with Crippen LogP contribution in [-0.2, 0) is 0 Å². The molecule has 0 atom stereocenters. The van der Waals surface area contributed by atoms with Crippen LogP contribution >= 0.6 is 23.4 Å². The minimum atomic E-state index is 0.496. The van der Waals surface area contributed by atoms with Gasteiger partial charge in [-0.3, -0.25) is 9.39 Å². The van der Waals surface area contributed by atoms with Gasteiger partial charge in [-0.15, -0.1) is 11.8 Å². The number of pyridine rings is 1. The molecule has 0 fully saturated rings. The van der Waals surface area contributed by atoms with Crippen LogP contribution in [0, 0.1) is 6.92 Å². The zero-order valence-electron chi connectivity index (χ0n) is 9.93. The average molecular weight is 281 g/mol. The second-order valence-electron chi connectivity index (χ2n) is 3.59. The summed E-state index contributed by atoms with van der Waals surface area (Å²) in [5.41, 5.74) is 8.69. The van der Waals surface area contributed by atoms with E-state index < -0.39 is 0 Å². The molecule has 2 rings (SSSR count). The summed E-state index contributed by atoms with van der Waals surface area (Å²) in [5, 5.41) is 2.49. The molecule has 0 aliphatic carbocycles. The molecule has 4 nitrogen and oxygen atoms in total. The van der Waals surface area contributed by atoms with E-state index in [9.17, 15) is 0 Å². The maximum absolute atomic E-state index is 6.12. The first kappa shape index (κ1) is 13.1. The third-order valence-electron chi connectivity index (χ3n) is 2.48. The molecule has 2 aromatic rings. The highest BCUT2D eigenvalue weighted by atomic mass is 35.5. The second kappa shape index (κ2) is 5.56. The molecular formula is C12H13ClN4S. The Kier molecular flexibility index (Phi) is 4.06. The number of imidazole rings is 1. The fourth-order valence-corrected chi connectivity index (χ4v) is 2.40. The summed E-state index contributed by atoms with van der Waals surface area (Å²) in [6.07, 6.45) is 1.91. The number of halogens is 1. The molecule has 2 aromatic heterocycles. The number of hydrogen-bond donors (Lipinski definition) is 1. The molecule has 0 bridgehead atoms. The average Bonchev–Trinajstić information content (AvgIpc) is 2.69. The highest BCUT2D eigenvalue weighted by Gasteiger charge is 2.13. The van der Waals surface area contributed by atoms with Crippen LogP contribution in [0.3, 0.4) is 0 Å². The Balaban J connectivity index is 2.66. The van der Waals surface area contributed by atoms with Gasteiger partial charge in [0.05, 0.1) is 22.1 Å². The van der Waals surface area contributed by atoms with Crippen molar-refractivity contribution in [1.82, 2.24) is 9.38 Å². The van der Waals surface area contributed by atoms with Crippen LogP contribution in [0.25, 0.3) is 11.3 Å². The van der Waals surface area contributed by atoms with Crippen LogP contribution in [0.15, 0.2) is 28.7 Å². The maximum atomic E-state index is 6.12. The molecule has 18 heavy (non-hydrogen) atoms. The first-order valence-corrected chi connectivity index (χ1v) is 6.73. The molecular weight excluding hydrogens is 268 g/mol. The first-order chi connectivity index (χ1) is 8.69. The summed E-state index contributed by atoms with van der Waals surface area (Å²) in [6, 6.07) is 3.68. The van der Waals surface area contributed by atoms with Gasteiger partial charge in [0.25, 0.3) is 0 Å². The van der Waals surface area contributed by atoms with Crippen LogP contribution in [0.5, 0.6) is 0 Å². The van der Waals surface area contributed by atoms with Gasteiger partial charge in [-0.05, 0) is 25.8 Å². The Bertz CT molecular complexity index is 618. The van der Waals surface area contributed by atoms with Gasteiger partial charge >= 0.3 is 0 Å². The summed E-state index contributed by atoms with van der Waals surface area (Å²) >= 11 is 7.59. The molecule has 0 aliphatic heterocycles. The number of aliphatic imine (C=N–C) groups is 1. The Morgan fingerprint density at radius 2 is 2.50 bits per heavy atom. The van der Waals surface area contributed by atoms with Gasteiger partial charge in [-0.2, -0.15) is 0 Å². The number of aromatic nitrogens is 2. The molecule has 0 aliphatic rings. The zero-order chi connectivity index (χ0) is 13.1. The molecule has 0 unspecified atom stereocenters. The third-order valence-corrected chi connectivity index (χ3v) is 3.36. The van der Waals surface area contributed by atoms with Crippen molar-refractivity contribution >= 4 is 41.4 Å². The van der Waals surface area contributed by atoms with Crippen molar-refractivity contribution in [3.8, 4) is 0 Å².